The predicted octanol–water partition coefficient (Wildman–Crippen LogP) is 2.94. The highest BCUT2D eigenvalue weighted by Gasteiger charge is 2.25. The number of nitrogens with zero attached hydrogens (tertiary/aromatic N) is 4. The van der Waals surface area contributed by atoms with Crippen LogP contribution in [0.4, 0.5) is 0 Å². The molecule has 0 spiro atoms. The summed E-state index contributed by atoms with van der Waals surface area (Å²) in [4.78, 5) is 39.9. The van der Waals surface area contributed by atoms with Crippen molar-refractivity contribution in [2.45, 2.75) is 110 Å². The molecule has 1 aliphatic rings. The van der Waals surface area contributed by atoms with Gasteiger partial charge in [-0.05, 0) is 153 Å². The molecule has 1 aromatic heterocycles. The summed E-state index contributed by atoms with van der Waals surface area (Å²) in [7, 11) is -24.5. The fourth-order valence-corrected chi connectivity index (χ4v) is 12.5. The van der Waals surface area contributed by atoms with Crippen LogP contribution in [0.3, 0.4) is 0 Å². The molecule has 5 rings (SSSR count). The number of aryl methyl sites for hydroxylation is 2. The number of hydrogen-bond acceptors (Lipinski definition) is 29. The van der Waals surface area contributed by atoms with Gasteiger partial charge < -0.3 is 59.3 Å². The van der Waals surface area contributed by atoms with E-state index in [9.17, 15) is 92.2 Å². The largest absolute Gasteiger partial charge is 0.493 e. The standard InChI is InChI=1S/C61H93N9O29S6/c1-45(71)46-37-52(92-23-5-3-15-49-43-69(67-65-49)21-8-19-63-60(72)47-39-54(94-25-10-31-100(74,75)76)58(98-29-14-35-104(86,87)88)55(40-47)95-26-11-32-101(77,78)79)51(17-7-18-62-2)53(38-46)93-24-6-4-16-50-44-70(68-66-50)22-9-20-64-61(73)48-41-56(96-27-12-33-102(80,81)82)59(99-30-36-105(89,90)91)57(42-48)97-28-13-34-103(83,84)85/h37-44,62,65,67H,3-36H2,1-2H3,(H,63,72)(H,64,73)(H,74,75,76)(H,77,78,79)(H,80,81,82)(H,83,84,85)(H,86,87,88)(H,89,90,91). The van der Waals surface area contributed by atoms with Crippen LogP contribution in [-0.4, -0.2) is 236 Å². The van der Waals surface area contributed by atoms with Crippen molar-refractivity contribution in [2.75, 3.05) is 121 Å². The topological polar surface area (TPSA) is 545 Å². The number of allylic oxidation sites excluding steroid dienone is 1. The highest BCUT2D eigenvalue weighted by atomic mass is 32.2. The number of carbonyl (C=O) groups excluding carboxylic acids is 3. The van der Waals surface area contributed by atoms with Crippen LogP contribution in [0.25, 0.3) is 0 Å². The Morgan fingerprint density at radius 3 is 1.23 bits per heavy atom. The first-order chi connectivity index (χ1) is 49.4. The van der Waals surface area contributed by atoms with Crippen LogP contribution in [0, 0.1) is 0 Å². The molecule has 0 saturated heterocycles. The van der Waals surface area contributed by atoms with Crippen molar-refractivity contribution in [1.29, 1.82) is 0 Å². The molecule has 0 saturated carbocycles. The minimum Gasteiger partial charge on any atom is -0.493 e. The molecule has 11 N–H and O–H groups in total. The zero-order valence-electron chi connectivity index (χ0n) is 58.0. The number of hydrazine groups is 2. The van der Waals surface area contributed by atoms with Crippen molar-refractivity contribution in [1.82, 2.24) is 46.9 Å². The number of hydrogen-bond donors (Lipinski definition) is 11. The smallest absolute Gasteiger partial charge is 0.268 e. The van der Waals surface area contributed by atoms with Gasteiger partial charge in [0.2, 0.25) is 11.5 Å². The number of ether oxygens (including phenoxy) is 8. The Morgan fingerprint density at radius 1 is 0.429 bits per heavy atom. The third-order valence-electron chi connectivity index (χ3n) is 14.7. The van der Waals surface area contributed by atoms with Crippen molar-refractivity contribution >= 4 is 78.3 Å². The second-order valence-corrected chi connectivity index (χ2v) is 33.2. The van der Waals surface area contributed by atoms with Gasteiger partial charge in [-0.25, -0.2) is 0 Å². The third kappa shape index (κ3) is 37.1. The molecule has 44 heteroatoms. The monoisotopic (exact) mass is 1610 g/mol. The fourth-order valence-electron chi connectivity index (χ4n) is 9.75. The van der Waals surface area contributed by atoms with E-state index in [2.05, 4.69) is 37.2 Å². The van der Waals surface area contributed by atoms with E-state index in [-0.39, 0.29) is 130 Å². The van der Waals surface area contributed by atoms with Gasteiger partial charge >= 0.3 is 0 Å². The molecule has 2 amide bonds. The molecule has 2 heterocycles. The summed E-state index contributed by atoms with van der Waals surface area (Å²) in [6, 6.07) is 8.42. The van der Waals surface area contributed by atoms with Crippen LogP contribution in [-0.2, 0) is 80.1 Å². The number of benzene rings is 3. The van der Waals surface area contributed by atoms with Crippen molar-refractivity contribution in [3.63, 3.8) is 0 Å². The van der Waals surface area contributed by atoms with Crippen molar-refractivity contribution in [2.24, 2.45) is 0 Å². The number of rotatable bonds is 56. The zero-order chi connectivity index (χ0) is 77.3. The Labute approximate surface area is 610 Å². The first-order valence-corrected chi connectivity index (χ1v) is 42.9. The van der Waals surface area contributed by atoms with E-state index in [1.807, 2.05) is 13.2 Å². The fraction of sp³-hybridized carbons (Fsp3) is 0.590. The maximum atomic E-state index is 13.6. The molecule has 4 aromatic rings. The molecule has 0 atom stereocenters. The van der Waals surface area contributed by atoms with Gasteiger partial charge in [-0.1, -0.05) is 5.21 Å². The Balaban J connectivity index is 1.10. The first kappa shape index (κ1) is 88.2. The van der Waals surface area contributed by atoms with E-state index < -0.39 is 114 Å². The summed E-state index contributed by atoms with van der Waals surface area (Å²) in [5, 5.41) is 19.0. The first-order valence-electron chi connectivity index (χ1n) is 33.3. The van der Waals surface area contributed by atoms with Crippen LogP contribution in [0.1, 0.15) is 133 Å². The number of unbranched alkanes of at least 4 members (excludes halogenated alkanes) is 2. The number of amides is 2. The summed E-state index contributed by atoms with van der Waals surface area (Å²) >= 11 is 0. The zero-order valence-corrected chi connectivity index (χ0v) is 62.9. The molecule has 0 unspecified atom stereocenters. The maximum Gasteiger partial charge on any atom is 0.268 e. The molecule has 105 heavy (non-hydrogen) atoms. The van der Waals surface area contributed by atoms with Crippen molar-refractivity contribution in [3.05, 3.63) is 82.4 Å². The summed E-state index contributed by atoms with van der Waals surface area (Å²) in [5.74, 6) is -5.71. The van der Waals surface area contributed by atoms with E-state index in [4.69, 9.17) is 37.9 Å². The summed E-state index contributed by atoms with van der Waals surface area (Å²) in [5.41, 5.74) is 8.96. The van der Waals surface area contributed by atoms with Gasteiger partial charge in [0.1, 0.15) is 23.9 Å². The Bertz CT molecular complexity index is 4120. The summed E-state index contributed by atoms with van der Waals surface area (Å²) in [6.07, 6.45) is 8.67. The van der Waals surface area contributed by atoms with Gasteiger partial charge in [-0.3, -0.25) is 51.4 Å². The van der Waals surface area contributed by atoms with Crippen molar-refractivity contribution < 1.29 is 130 Å². The Hall–Kier alpha value is -7.47. The van der Waals surface area contributed by atoms with Crippen LogP contribution in [0.5, 0.6) is 46.0 Å². The molecule has 3 aromatic carbocycles. The molecule has 592 valence electrons. The van der Waals surface area contributed by atoms with Crippen LogP contribution in [0.15, 0.2) is 54.5 Å². The average Bonchev–Trinajstić information content (AvgIpc) is 1.74. The molecular formula is C61H93N9O29S6. The van der Waals surface area contributed by atoms with E-state index in [0.717, 1.165) is 24.1 Å². The van der Waals surface area contributed by atoms with Gasteiger partial charge in [0, 0.05) is 66.5 Å². The third-order valence-corrected chi connectivity index (χ3v) is 19.4. The molecule has 0 aliphatic carbocycles. The Morgan fingerprint density at radius 2 is 0.810 bits per heavy atom. The number of Topliss-reactive ketones (excluding diaryl/α,β-unsaturated/α-hetero) is 1. The number of aromatic nitrogens is 3. The lowest BCUT2D eigenvalue weighted by atomic mass is 10.0. The molecule has 1 aliphatic heterocycles. The number of nitrogens with one attached hydrogen (secondary N) is 5. The molecule has 0 radical (unpaired) electrons. The van der Waals surface area contributed by atoms with Gasteiger partial charge in [0.05, 0.1) is 80.7 Å². The second kappa shape index (κ2) is 43.4. The molecular weight excluding hydrogens is 1520 g/mol. The minimum atomic E-state index is -4.51. The predicted molar refractivity (Wildman–Crippen MR) is 379 cm³/mol. The average molecular weight is 1610 g/mol. The second-order valence-electron chi connectivity index (χ2n) is 23.8. The van der Waals surface area contributed by atoms with Crippen LogP contribution >= 0.6 is 0 Å². The molecule has 0 bridgehead atoms. The minimum absolute atomic E-state index is 0.0202. The van der Waals surface area contributed by atoms with Crippen LogP contribution in [0.2, 0.25) is 0 Å². The van der Waals surface area contributed by atoms with Gasteiger partial charge in [0.25, 0.3) is 72.5 Å². The Kier molecular flexibility index (Phi) is 36.4. The lowest BCUT2D eigenvalue weighted by Crippen LogP contribution is -2.38. The lowest BCUT2D eigenvalue weighted by Gasteiger charge is -2.19. The van der Waals surface area contributed by atoms with E-state index in [1.54, 1.807) is 28.0 Å². The van der Waals surface area contributed by atoms with Gasteiger partial charge in [-0.2, -0.15) is 50.5 Å². The van der Waals surface area contributed by atoms with Crippen LogP contribution < -0.4 is 64.8 Å². The summed E-state index contributed by atoms with van der Waals surface area (Å²) < 4.78 is 240. The maximum absolute atomic E-state index is 13.6. The molecule has 38 nitrogen and oxygen atoms in total. The quantitative estimate of drug-likeness (QED) is 0.0172. The van der Waals surface area contributed by atoms with E-state index >= 15 is 0 Å². The lowest BCUT2D eigenvalue weighted by molar-refractivity contribution is 0.0943. The highest BCUT2D eigenvalue weighted by molar-refractivity contribution is 7.87. The molecule has 0 fully saturated rings. The van der Waals surface area contributed by atoms with Gasteiger partial charge in [-0.15, -0.1) is 10.6 Å². The SMILES string of the molecule is CNCCCc1c(OCCCCC2=CN(CCCNC(=O)c3cc(OCCCS(=O)(=O)O)c(OCCCS(=O)(=O)O)c(OCCCS(=O)(=O)O)c3)NN2)cc(C(C)=O)cc1OCCCCc1cn(CCCNC(=O)c2cc(OCCCS(=O)(=O)O)c(OCCS(=O)(=O)O)c(OCCCS(=O)(=O)O)c2)nn1. The summed E-state index contributed by atoms with van der Waals surface area (Å²) in [6.45, 7) is 1.67. The number of carbonyl (C=O) groups is 3. The normalized spacial score (nSPS) is 12.8. The number of ketones is 1. The highest BCUT2D eigenvalue weighted by Crippen LogP contribution is 2.41. The van der Waals surface area contributed by atoms with E-state index in [1.165, 1.54) is 31.2 Å². The van der Waals surface area contributed by atoms with E-state index in [0.29, 0.717) is 107 Å². The van der Waals surface area contributed by atoms with Crippen molar-refractivity contribution in [3.8, 4) is 46.0 Å². The van der Waals surface area contributed by atoms with Gasteiger partial charge in [0.15, 0.2) is 28.8 Å².